The molecule has 0 saturated carbocycles. The standard InChI is InChI=1S/C21H29N3O2S/c1-16(2)23(3)21-8-5-17(14-22-21)15-24-11-9-18-6-7-20(27(4,25)26)13-19(18)10-12-24/h5-8,13-14,16H,9-12,15H2,1-4H3. The highest BCUT2D eigenvalue weighted by Gasteiger charge is 2.17. The number of aromatic nitrogens is 1. The van der Waals surface area contributed by atoms with Gasteiger partial charge in [-0.05, 0) is 61.6 Å². The van der Waals surface area contributed by atoms with Crippen LogP contribution in [-0.4, -0.2) is 50.7 Å². The van der Waals surface area contributed by atoms with Gasteiger partial charge >= 0.3 is 0 Å². The van der Waals surface area contributed by atoms with E-state index in [1.165, 1.54) is 17.4 Å². The first-order chi connectivity index (χ1) is 12.7. The molecule has 5 nitrogen and oxygen atoms in total. The molecule has 3 rings (SSSR count). The molecule has 0 bridgehead atoms. The minimum atomic E-state index is -3.15. The third-order valence-electron chi connectivity index (χ3n) is 5.35. The highest BCUT2D eigenvalue weighted by Crippen LogP contribution is 2.21. The number of fused-ring (bicyclic) bond motifs is 1. The van der Waals surface area contributed by atoms with E-state index in [-0.39, 0.29) is 0 Å². The van der Waals surface area contributed by atoms with E-state index in [2.05, 4.69) is 47.8 Å². The predicted octanol–water partition coefficient (Wildman–Crippen LogP) is 2.93. The zero-order chi connectivity index (χ0) is 19.6. The van der Waals surface area contributed by atoms with E-state index >= 15 is 0 Å². The van der Waals surface area contributed by atoms with Gasteiger partial charge in [-0.3, -0.25) is 4.90 Å². The quantitative estimate of drug-likeness (QED) is 0.790. The molecule has 1 aromatic heterocycles. The van der Waals surface area contributed by atoms with Gasteiger partial charge in [-0.25, -0.2) is 13.4 Å². The molecule has 0 atom stereocenters. The summed E-state index contributed by atoms with van der Waals surface area (Å²) in [5.74, 6) is 0.991. The summed E-state index contributed by atoms with van der Waals surface area (Å²) in [6, 6.07) is 10.2. The van der Waals surface area contributed by atoms with Crippen molar-refractivity contribution in [1.82, 2.24) is 9.88 Å². The van der Waals surface area contributed by atoms with Gasteiger partial charge < -0.3 is 4.90 Å². The fourth-order valence-electron chi connectivity index (χ4n) is 3.38. The van der Waals surface area contributed by atoms with Gasteiger partial charge in [0.15, 0.2) is 9.84 Å². The maximum Gasteiger partial charge on any atom is 0.175 e. The molecule has 146 valence electrons. The number of pyridine rings is 1. The number of rotatable bonds is 5. The molecule has 27 heavy (non-hydrogen) atoms. The van der Waals surface area contributed by atoms with Crippen LogP contribution < -0.4 is 4.90 Å². The number of anilines is 1. The van der Waals surface area contributed by atoms with Crippen molar-refractivity contribution >= 4 is 15.7 Å². The van der Waals surface area contributed by atoms with Crippen LogP contribution in [-0.2, 0) is 29.2 Å². The average Bonchev–Trinajstić information content (AvgIpc) is 2.83. The monoisotopic (exact) mass is 387 g/mol. The first-order valence-electron chi connectivity index (χ1n) is 9.46. The summed E-state index contributed by atoms with van der Waals surface area (Å²) in [7, 11) is -1.09. The lowest BCUT2D eigenvalue weighted by Gasteiger charge is -2.23. The summed E-state index contributed by atoms with van der Waals surface area (Å²) in [6.45, 7) is 7.07. The largest absolute Gasteiger partial charge is 0.357 e. The molecule has 2 aromatic rings. The fourth-order valence-corrected chi connectivity index (χ4v) is 4.05. The van der Waals surface area contributed by atoms with E-state index in [4.69, 9.17) is 0 Å². The second kappa shape index (κ2) is 7.98. The van der Waals surface area contributed by atoms with Crippen LogP contribution >= 0.6 is 0 Å². The third-order valence-corrected chi connectivity index (χ3v) is 6.46. The molecule has 6 heteroatoms. The van der Waals surface area contributed by atoms with Crippen molar-refractivity contribution in [2.45, 2.75) is 44.2 Å². The van der Waals surface area contributed by atoms with Crippen LogP contribution in [0.25, 0.3) is 0 Å². The summed E-state index contributed by atoms with van der Waals surface area (Å²) in [6.07, 6.45) is 5.06. The lowest BCUT2D eigenvalue weighted by Crippen LogP contribution is -2.27. The molecule has 0 spiro atoms. The van der Waals surface area contributed by atoms with Crippen molar-refractivity contribution in [2.75, 3.05) is 31.3 Å². The van der Waals surface area contributed by atoms with Crippen LogP contribution in [0.3, 0.4) is 0 Å². The lowest BCUT2D eigenvalue weighted by atomic mass is 10.0. The Kier molecular flexibility index (Phi) is 5.86. The molecule has 0 saturated heterocycles. The van der Waals surface area contributed by atoms with Crippen molar-refractivity contribution < 1.29 is 8.42 Å². The Morgan fingerprint density at radius 1 is 1.11 bits per heavy atom. The second-order valence-corrected chi connectivity index (χ2v) is 9.72. The summed E-state index contributed by atoms with van der Waals surface area (Å²) in [5, 5.41) is 0. The number of hydrogen-bond donors (Lipinski definition) is 0. The molecule has 1 aromatic carbocycles. The molecule has 0 fully saturated rings. The molecular formula is C21H29N3O2S. The number of benzene rings is 1. The van der Waals surface area contributed by atoms with Gasteiger partial charge in [0.05, 0.1) is 4.90 Å². The van der Waals surface area contributed by atoms with E-state index in [1.54, 1.807) is 6.07 Å². The van der Waals surface area contributed by atoms with Crippen LogP contribution in [0.15, 0.2) is 41.4 Å². The normalized spacial score (nSPS) is 15.4. The minimum Gasteiger partial charge on any atom is -0.357 e. The zero-order valence-electron chi connectivity index (χ0n) is 16.6. The summed E-state index contributed by atoms with van der Waals surface area (Å²) >= 11 is 0. The predicted molar refractivity (Wildman–Crippen MR) is 110 cm³/mol. The van der Waals surface area contributed by atoms with Gasteiger partial charge in [0, 0.05) is 45.2 Å². The van der Waals surface area contributed by atoms with Crippen LogP contribution in [0.1, 0.15) is 30.5 Å². The zero-order valence-corrected chi connectivity index (χ0v) is 17.5. The Balaban J connectivity index is 1.67. The molecule has 0 unspecified atom stereocenters. The Morgan fingerprint density at radius 2 is 1.81 bits per heavy atom. The SMILES string of the molecule is CC(C)N(C)c1ccc(CN2CCc3ccc(S(C)(=O)=O)cc3CC2)cn1. The van der Waals surface area contributed by atoms with Crippen molar-refractivity contribution in [3.8, 4) is 0 Å². The van der Waals surface area contributed by atoms with Gasteiger partial charge in [0.25, 0.3) is 0 Å². The number of hydrogen-bond acceptors (Lipinski definition) is 5. The second-order valence-electron chi connectivity index (χ2n) is 7.71. The van der Waals surface area contributed by atoms with Gasteiger partial charge in [-0.15, -0.1) is 0 Å². The highest BCUT2D eigenvalue weighted by atomic mass is 32.2. The summed E-state index contributed by atoms with van der Waals surface area (Å²) in [4.78, 5) is 9.60. The summed E-state index contributed by atoms with van der Waals surface area (Å²) in [5.41, 5.74) is 3.63. The van der Waals surface area contributed by atoms with Gasteiger partial charge in [0.2, 0.25) is 0 Å². The highest BCUT2D eigenvalue weighted by molar-refractivity contribution is 7.90. The Labute approximate surface area is 162 Å². The molecule has 0 amide bonds. The van der Waals surface area contributed by atoms with E-state index in [9.17, 15) is 8.42 Å². The molecule has 0 N–H and O–H groups in total. The van der Waals surface area contributed by atoms with Crippen molar-refractivity contribution in [3.05, 3.63) is 53.2 Å². The van der Waals surface area contributed by atoms with Crippen LogP contribution in [0.2, 0.25) is 0 Å². The fraction of sp³-hybridized carbons (Fsp3) is 0.476. The van der Waals surface area contributed by atoms with E-state index in [0.29, 0.717) is 10.9 Å². The molecular weight excluding hydrogens is 358 g/mol. The first kappa shape index (κ1) is 19.8. The maximum absolute atomic E-state index is 11.8. The topological polar surface area (TPSA) is 53.5 Å². The number of sulfone groups is 1. The smallest absolute Gasteiger partial charge is 0.175 e. The molecule has 0 radical (unpaired) electrons. The average molecular weight is 388 g/mol. The van der Waals surface area contributed by atoms with Crippen molar-refractivity contribution in [3.63, 3.8) is 0 Å². The van der Waals surface area contributed by atoms with Gasteiger partial charge in [0.1, 0.15) is 5.82 Å². The van der Waals surface area contributed by atoms with Crippen molar-refractivity contribution in [1.29, 1.82) is 0 Å². The van der Waals surface area contributed by atoms with Crippen LogP contribution in [0.4, 0.5) is 5.82 Å². The third kappa shape index (κ3) is 4.87. The Morgan fingerprint density at radius 3 is 2.41 bits per heavy atom. The van der Waals surface area contributed by atoms with Crippen molar-refractivity contribution in [2.24, 2.45) is 0 Å². The molecule has 1 aliphatic heterocycles. The van der Waals surface area contributed by atoms with E-state index < -0.39 is 9.84 Å². The van der Waals surface area contributed by atoms with Crippen LogP contribution in [0.5, 0.6) is 0 Å². The van der Waals surface area contributed by atoms with Gasteiger partial charge in [-0.1, -0.05) is 12.1 Å². The van der Waals surface area contributed by atoms with Gasteiger partial charge in [-0.2, -0.15) is 0 Å². The Hall–Kier alpha value is -1.92. The van der Waals surface area contributed by atoms with E-state index in [0.717, 1.165) is 43.9 Å². The molecule has 1 aliphatic rings. The van der Waals surface area contributed by atoms with Crippen LogP contribution in [0, 0.1) is 0 Å². The lowest BCUT2D eigenvalue weighted by molar-refractivity contribution is 0.279. The number of nitrogens with zero attached hydrogens (tertiary/aromatic N) is 3. The Bertz CT molecular complexity index is 892. The molecule has 0 aliphatic carbocycles. The molecule has 2 heterocycles. The summed E-state index contributed by atoms with van der Waals surface area (Å²) < 4.78 is 23.6. The van der Waals surface area contributed by atoms with E-state index in [1.807, 2.05) is 18.3 Å². The maximum atomic E-state index is 11.8. The first-order valence-corrected chi connectivity index (χ1v) is 11.3. The minimum absolute atomic E-state index is 0.420.